The summed E-state index contributed by atoms with van der Waals surface area (Å²) in [5.74, 6) is 0.534. The van der Waals surface area contributed by atoms with Crippen LogP contribution in [0, 0.1) is 13.8 Å². The van der Waals surface area contributed by atoms with Gasteiger partial charge in [-0.15, -0.1) is 0 Å². The standard InChI is InChI=1S/C7H9N5O2S2/c1-4-6(3-8-10-4)16(13,14)12-7-9-5(2)11-15-7/h3H,1-2H3,(H,8,10)(H,9,11,12). The molecule has 2 rings (SSSR count). The van der Waals surface area contributed by atoms with Crippen LogP contribution in [0.3, 0.4) is 0 Å². The third kappa shape index (κ3) is 2.04. The molecule has 9 heteroatoms. The first kappa shape index (κ1) is 11.0. The second kappa shape index (κ2) is 3.83. The van der Waals surface area contributed by atoms with Crippen molar-refractivity contribution in [1.29, 1.82) is 0 Å². The number of anilines is 1. The van der Waals surface area contributed by atoms with Gasteiger partial charge in [0, 0.05) is 11.5 Å². The third-order valence-corrected chi connectivity index (χ3v) is 4.13. The number of aryl methyl sites for hydroxylation is 2. The lowest BCUT2D eigenvalue weighted by Gasteiger charge is -2.02. The van der Waals surface area contributed by atoms with E-state index in [9.17, 15) is 8.42 Å². The van der Waals surface area contributed by atoms with E-state index in [4.69, 9.17) is 0 Å². The summed E-state index contributed by atoms with van der Waals surface area (Å²) >= 11 is 0.998. The van der Waals surface area contributed by atoms with Gasteiger partial charge in [0.2, 0.25) is 5.13 Å². The summed E-state index contributed by atoms with van der Waals surface area (Å²) in [4.78, 5) is 4.03. The van der Waals surface area contributed by atoms with Crippen LogP contribution in [0.15, 0.2) is 11.1 Å². The average molecular weight is 259 g/mol. The second-order valence-electron chi connectivity index (χ2n) is 3.11. The lowest BCUT2D eigenvalue weighted by molar-refractivity contribution is 0.600. The summed E-state index contributed by atoms with van der Waals surface area (Å²) in [6.07, 6.45) is 1.26. The summed E-state index contributed by atoms with van der Waals surface area (Å²) in [5, 5.41) is 6.47. The van der Waals surface area contributed by atoms with Crippen LogP contribution in [0.25, 0.3) is 0 Å². The number of rotatable bonds is 3. The highest BCUT2D eigenvalue weighted by Crippen LogP contribution is 2.18. The Kier molecular flexibility index (Phi) is 2.64. The SMILES string of the molecule is Cc1nsc(NS(=O)(=O)c2cn[nH]c2C)n1. The second-order valence-corrected chi connectivity index (χ2v) is 5.51. The topological polar surface area (TPSA) is 101 Å². The van der Waals surface area contributed by atoms with Crippen molar-refractivity contribution in [3.8, 4) is 0 Å². The summed E-state index contributed by atoms with van der Waals surface area (Å²) in [6.45, 7) is 3.32. The van der Waals surface area contributed by atoms with Crippen molar-refractivity contribution in [1.82, 2.24) is 19.6 Å². The third-order valence-electron chi connectivity index (χ3n) is 1.82. The fourth-order valence-electron chi connectivity index (χ4n) is 1.12. The molecule has 0 saturated carbocycles. The molecule has 0 aromatic carbocycles. The van der Waals surface area contributed by atoms with E-state index >= 15 is 0 Å². The molecule has 2 aromatic rings. The largest absolute Gasteiger partial charge is 0.281 e. The lowest BCUT2D eigenvalue weighted by atomic mass is 10.5. The fraction of sp³-hybridized carbons (Fsp3) is 0.286. The number of hydrogen-bond donors (Lipinski definition) is 2. The molecule has 0 atom stereocenters. The Hall–Kier alpha value is -1.48. The molecule has 86 valence electrons. The monoisotopic (exact) mass is 259 g/mol. The summed E-state index contributed by atoms with van der Waals surface area (Å²) in [5.41, 5.74) is 0.480. The predicted octanol–water partition coefficient (Wildman–Crippen LogP) is 0.679. The van der Waals surface area contributed by atoms with Crippen LogP contribution in [-0.2, 0) is 10.0 Å². The van der Waals surface area contributed by atoms with E-state index in [0.717, 1.165) is 11.5 Å². The predicted molar refractivity (Wildman–Crippen MR) is 58.8 cm³/mol. The molecule has 16 heavy (non-hydrogen) atoms. The van der Waals surface area contributed by atoms with Gasteiger partial charge in [0.05, 0.1) is 11.9 Å². The Bertz CT molecular complexity index is 600. The molecule has 0 radical (unpaired) electrons. The smallest absolute Gasteiger partial charge is 0.267 e. The van der Waals surface area contributed by atoms with Crippen molar-refractivity contribution < 1.29 is 8.42 Å². The van der Waals surface area contributed by atoms with Crippen molar-refractivity contribution in [2.45, 2.75) is 18.7 Å². The van der Waals surface area contributed by atoms with Crippen LogP contribution >= 0.6 is 11.5 Å². The Morgan fingerprint density at radius 3 is 2.69 bits per heavy atom. The Labute approximate surface area is 96.1 Å². The highest BCUT2D eigenvalue weighted by atomic mass is 32.2. The van der Waals surface area contributed by atoms with Crippen LogP contribution < -0.4 is 4.72 Å². The number of nitrogens with zero attached hydrogens (tertiary/aromatic N) is 3. The zero-order valence-electron chi connectivity index (χ0n) is 8.55. The van der Waals surface area contributed by atoms with Crippen LogP contribution in [0.2, 0.25) is 0 Å². The highest BCUT2D eigenvalue weighted by Gasteiger charge is 2.20. The highest BCUT2D eigenvalue weighted by molar-refractivity contribution is 7.93. The van der Waals surface area contributed by atoms with E-state index in [1.54, 1.807) is 13.8 Å². The van der Waals surface area contributed by atoms with Gasteiger partial charge in [0.15, 0.2) is 0 Å². The maximum Gasteiger partial charge on any atom is 0.267 e. The Morgan fingerprint density at radius 1 is 1.44 bits per heavy atom. The summed E-state index contributed by atoms with van der Waals surface area (Å²) in [7, 11) is -3.62. The van der Waals surface area contributed by atoms with Gasteiger partial charge in [-0.3, -0.25) is 9.82 Å². The van der Waals surface area contributed by atoms with Gasteiger partial charge in [-0.1, -0.05) is 0 Å². The van der Waals surface area contributed by atoms with E-state index in [2.05, 4.69) is 24.3 Å². The van der Waals surface area contributed by atoms with Crippen LogP contribution in [0.4, 0.5) is 5.13 Å². The zero-order valence-corrected chi connectivity index (χ0v) is 10.2. The van der Waals surface area contributed by atoms with Crippen LogP contribution in [0.1, 0.15) is 11.5 Å². The van der Waals surface area contributed by atoms with Gasteiger partial charge in [-0.05, 0) is 13.8 Å². The molecule has 0 aliphatic carbocycles. The maximum absolute atomic E-state index is 11.9. The molecule has 0 unspecified atom stereocenters. The molecule has 0 bridgehead atoms. The van der Waals surface area contributed by atoms with E-state index in [1.165, 1.54) is 6.20 Å². The molecule has 0 fully saturated rings. The molecule has 2 aromatic heterocycles. The molecule has 0 aliphatic heterocycles. The van der Waals surface area contributed by atoms with Gasteiger partial charge in [0.25, 0.3) is 10.0 Å². The Morgan fingerprint density at radius 2 is 2.19 bits per heavy atom. The maximum atomic E-state index is 11.9. The van der Waals surface area contributed by atoms with Gasteiger partial charge < -0.3 is 0 Å². The lowest BCUT2D eigenvalue weighted by Crippen LogP contribution is -2.13. The molecular weight excluding hydrogens is 250 g/mol. The normalized spacial score (nSPS) is 11.6. The number of hydrogen-bond acceptors (Lipinski definition) is 6. The molecule has 0 amide bonds. The quantitative estimate of drug-likeness (QED) is 0.844. The van der Waals surface area contributed by atoms with E-state index in [1.807, 2.05) is 0 Å². The van der Waals surface area contributed by atoms with Crippen molar-refractivity contribution in [3.05, 3.63) is 17.7 Å². The minimum absolute atomic E-state index is 0.111. The minimum Gasteiger partial charge on any atom is -0.281 e. The summed E-state index contributed by atoms with van der Waals surface area (Å²) in [6, 6.07) is 0. The number of aromatic nitrogens is 4. The van der Waals surface area contributed by atoms with Gasteiger partial charge in [-0.2, -0.15) is 9.47 Å². The van der Waals surface area contributed by atoms with Crippen molar-refractivity contribution in [2.24, 2.45) is 0 Å². The first-order valence-corrected chi connectivity index (χ1v) is 6.58. The number of sulfonamides is 1. The molecule has 2 heterocycles. The van der Waals surface area contributed by atoms with Crippen LogP contribution in [0.5, 0.6) is 0 Å². The molecule has 0 spiro atoms. The van der Waals surface area contributed by atoms with Gasteiger partial charge in [-0.25, -0.2) is 13.4 Å². The van der Waals surface area contributed by atoms with Gasteiger partial charge >= 0.3 is 0 Å². The first-order chi connectivity index (χ1) is 7.49. The Balaban J connectivity index is 2.31. The van der Waals surface area contributed by atoms with Crippen molar-refractivity contribution >= 4 is 26.7 Å². The number of aromatic amines is 1. The fourth-order valence-corrected chi connectivity index (χ4v) is 3.06. The molecule has 2 N–H and O–H groups in total. The minimum atomic E-state index is -3.62. The van der Waals surface area contributed by atoms with E-state index in [-0.39, 0.29) is 10.0 Å². The number of H-pyrrole nitrogens is 1. The average Bonchev–Trinajstić information content (AvgIpc) is 2.74. The molecule has 7 nitrogen and oxygen atoms in total. The number of nitrogens with one attached hydrogen (secondary N) is 2. The zero-order chi connectivity index (χ0) is 11.8. The molecule has 0 saturated heterocycles. The van der Waals surface area contributed by atoms with E-state index < -0.39 is 10.0 Å². The van der Waals surface area contributed by atoms with Crippen molar-refractivity contribution in [3.63, 3.8) is 0 Å². The van der Waals surface area contributed by atoms with Crippen LogP contribution in [-0.4, -0.2) is 28.0 Å². The van der Waals surface area contributed by atoms with Crippen molar-refractivity contribution in [2.75, 3.05) is 4.72 Å². The first-order valence-electron chi connectivity index (χ1n) is 4.32. The van der Waals surface area contributed by atoms with Gasteiger partial charge in [0.1, 0.15) is 10.7 Å². The molecule has 0 aliphatic rings. The molecular formula is C7H9N5O2S2. The summed E-state index contributed by atoms with van der Waals surface area (Å²) < 4.78 is 29.9. The van der Waals surface area contributed by atoms with E-state index in [0.29, 0.717) is 11.5 Å².